The van der Waals surface area contributed by atoms with Gasteiger partial charge in [-0.2, -0.15) is 0 Å². The van der Waals surface area contributed by atoms with E-state index < -0.39 is 41.4 Å². The lowest BCUT2D eigenvalue weighted by Crippen LogP contribution is -2.43. The smallest absolute Gasteiger partial charge is 0.226 e. The van der Waals surface area contributed by atoms with E-state index in [4.69, 9.17) is 5.73 Å². The SMILES string of the molecule is CCc1cccc(CNC[C@H](O)[C@@H](Cc2cc(F)cc(F)c2)C(CC(=O)Nc2cccc(C)n2)C(N)=O)c1. The van der Waals surface area contributed by atoms with Crippen molar-refractivity contribution in [1.29, 1.82) is 0 Å². The Morgan fingerprint density at radius 3 is 2.34 bits per heavy atom. The number of carbonyl (C=O) groups excluding carboxylic acids is 2. The van der Waals surface area contributed by atoms with E-state index in [2.05, 4.69) is 28.6 Å². The number of hydrogen-bond acceptors (Lipinski definition) is 5. The molecular formula is C29H34F2N4O3. The molecule has 1 unspecified atom stereocenters. The molecule has 0 saturated heterocycles. The molecule has 1 aromatic heterocycles. The van der Waals surface area contributed by atoms with Crippen molar-refractivity contribution in [1.82, 2.24) is 10.3 Å². The quantitative estimate of drug-likeness (QED) is 0.272. The van der Waals surface area contributed by atoms with Gasteiger partial charge in [-0.15, -0.1) is 0 Å². The van der Waals surface area contributed by atoms with Crippen molar-refractivity contribution in [3.63, 3.8) is 0 Å². The van der Waals surface area contributed by atoms with E-state index in [9.17, 15) is 23.5 Å². The molecule has 0 aliphatic heterocycles. The lowest BCUT2D eigenvalue weighted by molar-refractivity contribution is -0.129. The van der Waals surface area contributed by atoms with E-state index in [0.717, 1.165) is 30.2 Å². The third-order valence-electron chi connectivity index (χ3n) is 6.41. The number of nitrogens with one attached hydrogen (secondary N) is 2. The highest BCUT2D eigenvalue weighted by atomic mass is 19.1. The summed E-state index contributed by atoms with van der Waals surface area (Å²) in [5, 5.41) is 17.0. The summed E-state index contributed by atoms with van der Waals surface area (Å²) in [4.78, 5) is 29.6. The van der Waals surface area contributed by atoms with Crippen LogP contribution in [0.1, 0.15) is 35.7 Å². The van der Waals surface area contributed by atoms with Gasteiger partial charge in [0.2, 0.25) is 11.8 Å². The van der Waals surface area contributed by atoms with Gasteiger partial charge in [-0.1, -0.05) is 37.3 Å². The average molecular weight is 525 g/mol. The molecule has 202 valence electrons. The summed E-state index contributed by atoms with van der Waals surface area (Å²) in [6.07, 6.45) is -0.642. The fourth-order valence-corrected chi connectivity index (χ4v) is 4.49. The molecule has 2 aromatic carbocycles. The van der Waals surface area contributed by atoms with Crippen molar-refractivity contribution in [2.75, 3.05) is 11.9 Å². The van der Waals surface area contributed by atoms with Crippen molar-refractivity contribution in [3.05, 3.63) is 94.7 Å². The summed E-state index contributed by atoms with van der Waals surface area (Å²) in [5.74, 6) is -4.54. The minimum absolute atomic E-state index is 0.0631. The van der Waals surface area contributed by atoms with Crippen LogP contribution in [0.2, 0.25) is 0 Å². The number of aliphatic hydroxyl groups is 1. The van der Waals surface area contributed by atoms with Gasteiger partial charge in [-0.05, 0) is 60.7 Å². The van der Waals surface area contributed by atoms with Gasteiger partial charge in [-0.25, -0.2) is 13.8 Å². The van der Waals surface area contributed by atoms with E-state index in [-0.39, 0.29) is 24.9 Å². The van der Waals surface area contributed by atoms with Gasteiger partial charge >= 0.3 is 0 Å². The fraction of sp³-hybridized carbons (Fsp3) is 0.345. The van der Waals surface area contributed by atoms with Crippen LogP contribution in [0.3, 0.4) is 0 Å². The van der Waals surface area contributed by atoms with E-state index in [0.29, 0.717) is 18.1 Å². The van der Waals surface area contributed by atoms with Crippen LogP contribution in [-0.4, -0.2) is 34.6 Å². The number of pyridine rings is 1. The van der Waals surface area contributed by atoms with Crippen LogP contribution in [0, 0.1) is 30.4 Å². The molecule has 2 amide bonds. The molecule has 5 N–H and O–H groups in total. The number of halogens is 2. The molecule has 0 aliphatic carbocycles. The molecule has 9 heteroatoms. The van der Waals surface area contributed by atoms with Crippen LogP contribution in [0.15, 0.2) is 60.7 Å². The van der Waals surface area contributed by atoms with Crippen LogP contribution in [0.25, 0.3) is 0 Å². The van der Waals surface area contributed by atoms with Gasteiger partial charge in [0, 0.05) is 37.2 Å². The van der Waals surface area contributed by atoms with Gasteiger partial charge < -0.3 is 21.5 Å². The van der Waals surface area contributed by atoms with Crippen molar-refractivity contribution < 1.29 is 23.5 Å². The number of aromatic nitrogens is 1. The fourth-order valence-electron chi connectivity index (χ4n) is 4.49. The first-order chi connectivity index (χ1) is 18.1. The Morgan fingerprint density at radius 1 is 1.00 bits per heavy atom. The molecule has 3 atom stereocenters. The molecule has 1 heterocycles. The van der Waals surface area contributed by atoms with Crippen molar-refractivity contribution in [2.45, 2.75) is 45.8 Å². The highest BCUT2D eigenvalue weighted by Gasteiger charge is 2.34. The Hall–Kier alpha value is -3.69. The van der Waals surface area contributed by atoms with Gasteiger partial charge in [0.25, 0.3) is 0 Å². The number of rotatable bonds is 13. The van der Waals surface area contributed by atoms with Gasteiger partial charge in [0.05, 0.1) is 12.0 Å². The number of primary amides is 1. The maximum absolute atomic E-state index is 13.9. The topological polar surface area (TPSA) is 117 Å². The lowest BCUT2D eigenvalue weighted by Gasteiger charge is -2.29. The molecular weight excluding hydrogens is 490 g/mol. The summed E-state index contributed by atoms with van der Waals surface area (Å²) in [7, 11) is 0. The van der Waals surface area contributed by atoms with E-state index in [1.807, 2.05) is 18.2 Å². The average Bonchev–Trinajstić information content (AvgIpc) is 2.85. The van der Waals surface area contributed by atoms with E-state index in [1.165, 1.54) is 5.56 Å². The van der Waals surface area contributed by atoms with Gasteiger partial charge in [0.1, 0.15) is 17.5 Å². The summed E-state index contributed by atoms with van der Waals surface area (Å²) >= 11 is 0. The number of carbonyl (C=O) groups is 2. The summed E-state index contributed by atoms with van der Waals surface area (Å²) < 4.78 is 27.8. The maximum Gasteiger partial charge on any atom is 0.226 e. The maximum atomic E-state index is 13.9. The Kier molecular flexibility index (Phi) is 10.4. The first-order valence-corrected chi connectivity index (χ1v) is 12.6. The third kappa shape index (κ3) is 8.71. The van der Waals surface area contributed by atoms with Crippen LogP contribution in [0.5, 0.6) is 0 Å². The molecule has 0 fully saturated rings. The normalized spacial score (nSPS) is 13.5. The number of amides is 2. The zero-order valence-electron chi connectivity index (χ0n) is 21.6. The van der Waals surface area contributed by atoms with Crippen molar-refractivity contribution in [2.24, 2.45) is 17.6 Å². The van der Waals surface area contributed by atoms with Crippen molar-refractivity contribution >= 4 is 17.6 Å². The molecule has 0 bridgehead atoms. The summed E-state index contributed by atoms with van der Waals surface area (Å²) in [6.45, 7) is 4.37. The van der Waals surface area contributed by atoms with Gasteiger partial charge in [-0.3, -0.25) is 9.59 Å². The minimum atomic E-state index is -1.14. The van der Waals surface area contributed by atoms with Crippen LogP contribution >= 0.6 is 0 Å². The highest BCUT2D eigenvalue weighted by Crippen LogP contribution is 2.26. The molecule has 0 saturated carbocycles. The molecule has 0 radical (unpaired) electrons. The van der Waals surface area contributed by atoms with Crippen LogP contribution < -0.4 is 16.4 Å². The predicted molar refractivity (Wildman–Crippen MR) is 142 cm³/mol. The molecule has 0 spiro atoms. The van der Waals surface area contributed by atoms with Crippen LogP contribution in [-0.2, 0) is 29.0 Å². The van der Waals surface area contributed by atoms with Crippen molar-refractivity contribution in [3.8, 4) is 0 Å². The summed E-state index contributed by atoms with van der Waals surface area (Å²) in [6, 6.07) is 16.2. The van der Waals surface area contributed by atoms with Gasteiger partial charge in [0.15, 0.2) is 0 Å². The first-order valence-electron chi connectivity index (χ1n) is 12.6. The number of anilines is 1. The zero-order chi connectivity index (χ0) is 27.7. The summed E-state index contributed by atoms with van der Waals surface area (Å²) in [5.41, 5.74) is 8.84. The number of aliphatic hydroxyl groups excluding tert-OH is 1. The first kappa shape index (κ1) is 28.9. The highest BCUT2D eigenvalue weighted by molar-refractivity contribution is 5.93. The van der Waals surface area contributed by atoms with Crippen LogP contribution in [0.4, 0.5) is 14.6 Å². The standard InChI is InChI=1S/C29H34F2N4O3/c1-3-19-7-5-8-20(10-19)16-33-17-26(36)24(13-21-11-22(30)14-23(31)12-21)25(29(32)38)15-28(37)35-27-9-4-6-18(2)34-27/h4-12,14,24-26,33,36H,3,13,15-17H2,1-2H3,(H2,32,38)(H,34,35,37)/t24-,25?,26-/m0/s1. The third-order valence-corrected chi connectivity index (χ3v) is 6.41. The second-order valence-electron chi connectivity index (χ2n) is 9.44. The lowest BCUT2D eigenvalue weighted by atomic mass is 9.80. The molecule has 3 aromatic rings. The monoisotopic (exact) mass is 524 g/mol. The minimum Gasteiger partial charge on any atom is -0.391 e. The Labute approximate surface area is 221 Å². The molecule has 3 rings (SSSR count). The van der Waals surface area contributed by atoms with E-state index in [1.54, 1.807) is 25.1 Å². The second-order valence-corrected chi connectivity index (χ2v) is 9.44. The molecule has 38 heavy (non-hydrogen) atoms. The number of nitrogens with two attached hydrogens (primary N) is 1. The number of hydrogen-bond donors (Lipinski definition) is 4. The largest absolute Gasteiger partial charge is 0.391 e. The number of benzene rings is 2. The van der Waals surface area contributed by atoms with E-state index >= 15 is 0 Å². The molecule has 7 nitrogen and oxygen atoms in total. The number of aryl methyl sites for hydroxylation is 2. The Morgan fingerprint density at radius 2 is 1.68 bits per heavy atom. The molecule has 0 aliphatic rings. The second kappa shape index (κ2) is 13.7. The Balaban J connectivity index is 1.78. The number of nitrogens with zero attached hydrogens (tertiary/aromatic N) is 1. The zero-order valence-corrected chi connectivity index (χ0v) is 21.6. The predicted octanol–water partition coefficient (Wildman–Crippen LogP) is 3.67. The Bertz CT molecular complexity index is 1230.